The predicted octanol–water partition coefficient (Wildman–Crippen LogP) is 7.73. The van der Waals surface area contributed by atoms with Gasteiger partial charge in [-0.05, 0) is 50.9 Å². The Hall–Kier alpha value is -2.16. The molecule has 2 aromatic carbocycles. The first kappa shape index (κ1) is 25.9. The van der Waals surface area contributed by atoms with Crippen LogP contribution in [-0.2, 0) is 9.47 Å². The van der Waals surface area contributed by atoms with E-state index in [0.717, 1.165) is 18.4 Å². The molecule has 4 heteroatoms. The van der Waals surface area contributed by atoms with Gasteiger partial charge < -0.3 is 9.47 Å². The average molecular weight is 490 g/mol. The normalized spacial score (nSPS) is 20.2. The van der Waals surface area contributed by atoms with Gasteiger partial charge in [0.15, 0.2) is 6.29 Å². The molecule has 35 heavy (non-hydrogen) atoms. The van der Waals surface area contributed by atoms with E-state index in [1.165, 1.54) is 59.3 Å². The lowest BCUT2D eigenvalue weighted by atomic mass is 10.00. The van der Waals surface area contributed by atoms with Gasteiger partial charge in [-0.1, -0.05) is 87.1 Å². The van der Waals surface area contributed by atoms with Crippen molar-refractivity contribution in [3.8, 4) is 22.3 Å². The molecule has 0 aliphatic carbocycles. The van der Waals surface area contributed by atoms with E-state index < -0.39 is 0 Å². The molecular weight excluding hydrogens is 450 g/mol. The van der Waals surface area contributed by atoms with Gasteiger partial charge in [-0.3, -0.25) is 4.90 Å². The molecule has 2 heterocycles. The van der Waals surface area contributed by atoms with E-state index in [4.69, 9.17) is 9.47 Å². The van der Waals surface area contributed by atoms with Gasteiger partial charge in [0.25, 0.3) is 0 Å². The van der Waals surface area contributed by atoms with Crippen LogP contribution in [0.2, 0.25) is 0 Å². The Kier molecular flexibility index (Phi) is 9.80. The Morgan fingerprint density at radius 3 is 2.40 bits per heavy atom. The topological polar surface area (TPSA) is 21.7 Å². The molecule has 0 bridgehead atoms. The summed E-state index contributed by atoms with van der Waals surface area (Å²) in [5, 5.41) is 1.22. The number of ether oxygens (including phenoxy) is 2. The Labute approximate surface area is 215 Å². The molecule has 1 fully saturated rings. The Morgan fingerprint density at radius 1 is 0.971 bits per heavy atom. The molecule has 3 atom stereocenters. The smallest absolute Gasteiger partial charge is 0.159 e. The van der Waals surface area contributed by atoms with E-state index in [2.05, 4.69) is 92.1 Å². The summed E-state index contributed by atoms with van der Waals surface area (Å²) in [7, 11) is 0. The number of hydrogen-bond acceptors (Lipinski definition) is 4. The summed E-state index contributed by atoms with van der Waals surface area (Å²) in [4.78, 5) is 3.88. The van der Waals surface area contributed by atoms with Crippen molar-refractivity contribution in [1.29, 1.82) is 0 Å². The first-order valence-corrected chi connectivity index (χ1v) is 14.1. The van der Waals surface area contributed by atoms with Crippen LogP contribution >= 0.6 is 11.3 Å². The molecule has 0 radical (unpaired) electrons. The van der Waals surface area contributed by atoms with Gasteiger partial charge in [-0.25, -0.2) is 0 Å². The molecule has 0 unspecified atom stereocenters. The van der Waals surface area contributed by atoms with Crippen molar-refractivity contribution in [2.75, 3.05) is 19.7 Å². The fourth-order valence-corrected chi connectivity index (χ4v) is 6.09. The van der Waals surface area contributed by atoms with E-state index >= 15 is 0 Å². The van der Waals surface area contributed by atoms with Crippen LogP contribution in [0.4, 0.5) is 0 Å². The number of benzene rings is 2. The summed E-state index contributed by atoms with van der Waals surface area (Å²) in [6.07, 6.45) is 7.06. The quantitative estimate of drug-likeness (QED) is 0.272. The second kappa shape index (κ2) is 13.2. The number of fused-ring (bicyclic) bond motifs is 1. The maximum absolute atomic E-state index is 6.31. The number of rotatable bonds is 10. The van der Waals surface area contributed by atoms with Crippen molar-refractivity contribution in [3.63, 3.8) is 0 Å². The van der Waals surface area contributed by atoms with Gasteiger partial charge in [0.1, 0.15) is 6.61 Å². The van der Waals surface area contributed by atoms with Gasteiger partial charge in [0, 0.05) is 22.5 Å². The van der Waals surface area contributed by atoms with Gasteiger partial charge in [-0.15, -0.1) is 11.3 Å². The fourth-order valence-electron chi connectivity index (χ4n) is 4.93. The number of unbranched alkanes of at least 4 members (excludes halogenated alkanes) is 2. The zero-order valence-electron chi connectivity index (χ0n) is 21.5. The number of hydrogen-bond donors (Lipinski definition) is 0. The van der Waals surface area contributed by atoms with Crippen LogP contribution in [0.1, 0.15) is 64.9 Å². The lowest BCUT2D eigenvalue weighted by Crippen LogP contribution is -2.49. The third-order valence-corrected chi connectivity index (χ3v) is 8.08. The van der Waals surface area contributed by atoms with Gasteiger partial charge in [0.2, 0.25) is 0 Å². The van der Waals surface area contributed by atoms with E-state index in [-0.39, 0.29) is 12.4 Å². The van der Waals surface area contributed by atoms with Crippen molar-refractivity contribution in [1.82, 2.24) is 4.90 Å². The van der Waals surface area contributed by atoms with Crippen molar-refractivity contribution >= 4 is 21.4 Å². The summed E-state index contributed by atoms with van der Waals surface area (Å²) < 4.78 is 13.7. The third-order valence-electron chi connectivity index (χ3n) is 6.86. The molecule has 0 amide bonds. The molecule has 3 nitrogen and oxygen atoms in total. The zero-order chi connectivity index (χ0) is 24.5. The minimum absolute atomic E-state index is 0.164. The van der Waals surface area contributed by atoms with Crippen LogP contribution in [0.5, 0.6) is 0 Å². The summed E-state index contributed by atoms with van der Waals surface area (Å²) in [6.45, 7) is 9.47. The summed E-state index contributed by atoms with van der Waals surface area (Å²) in [5.41, 5.74) is 2.31. The highest BCUT2D eigenvalue weighted by atomic mass is 32.1. The Morgan fingerprint density at radius 2 is 1.69 bits per heavy atom. The zero-order valence-corrected chi connectivity index (χ0v) is 22.3. The second-order valence-corrected chi connectivity index (χ2v) is 10.5. The minimum atomic E-state index is -0.164. The van der Waals surface area contributed by atoms with Crippen molar-refractivity contribution in [3.05, 3.63) is 60.2 Å². The Balaban J connectivity index is 1.38. The monoisotopic (exact) mass is 489 g/mol. The van der Waals surface area contributed by atoms with Crippen LogP contribution in [-0.4, -0.2) is 43.0 Å². The summed E-state index contributed by atoms with van der Waals surface area (Å²) in [6, 6.07) is 19.5. The summed E-state index contributed by atoms with van der Waals surface area (Å²) in [5.74, 6) is 6.72. The van der Waals surface area contributed by atoms with Crippen LogP contribution in [0.3, 0.4) is 0 Å². The second-order valence-electron chi connectivity index (χ2n) is 9.44. The standard InChI is InChI=1S/C31H39NO2S/c1-4-6-21-32(22-7-5-2)28-19-20-30(34-24(28)3)33-23-13-17-27-26-16-11-12-18-29(26)35-31(27)25-14-9-8-10-15-25/h8-12,14-16,18,24,28,30H,4-7,19-23H2,1-3H3/t24-,28-,30+/m0/s1. The molecule has 3 aromatic rings. The van der Waals surface area contributed by atoms with Crippen LogP contribution < -0.4 is 0 Å². The highest BCUT2D eigenvalue weighted by molar-refractivity contribution is 7.22. The summed E-state index contributed by atoms with van der Waals surface area (Å²) >= 11 is 1.80. The van der Waals surface area contributed by atoms with Gasteiger partial charge in [-0.2, -0.15) is 0 Å². The molecular formula is C31H39NO2S. The molecule has 186 valence electrons. The van der Waals surface area contributed by atoms with E-state index in [1.807, 2.05) is 0 Å². The predicted molar refractivity (Wildman–Crippen MR) is 149 cm³/mol. The van der Waals surface area contributed by atoms with E-state index in [1.54, 1.807) is 11.3 Å². The molecule has 1 aliphatic heterocycles. The lowest BCUT2D eigenvalue weighted by Gasteiger charge is -2.41. The average Bonchev–Trinajstić information content (AvgIpc) is 3.26. The molecule has 0 saturated carbocycles. The first-order valence-electron chi connectivity index (χ1n) is 13.3. The minimum Gasteiger partial charge on any atom is -0.348 e. The van der Waals surface area contributed by atoms with E-state index in [0.29, 0.717) is 12.6 Å². The SMILES string of the molecule is CCCCN(CCCC)[C@H]1CC[C@H](OCC#Cc2c(-c3ccccc3)sc3ccccc23)O[C@H]1C. The lowest BCUT2D eigenvalue weighted by molar-refractivity contribution is -0.202. The van der Waals surface area contributed by atoms with Gasteiger partial charge in [0.05, 0.1) is 16.5 Å². The highest BCUT2D eigenvalue weighted by Gasteiger charge is 2.32. The fraction of sp³-hybridized carbons (Fsp3) is 0.484. The maximum atomic E-state index is 6.31. The van der Waals surface area contributed by atoms with E-state index in [9.17, 15) is 0 Å². The molecule has 4 rings (SSSR count). The Bertz CT molecular complexity index is 1110. The van der Waals surface area contributed by atoms with Crippen LogP contribution in [0.15, 0.2) is 54.6 Å². The third kappa shape index (κ3) is 6.74. The van der Waals surface area contributed by atoms with Crippen LogP contribution in [0.25, 0.3) is 20.5 Å². The van der Waals surface area contributed by atoms with Crippen molar-refractivity contribution in [2.24, 2.45) is 0 Å². The van der Waals surface area contributed by atoms with Gasteiger partial charge >= 0.3 is 0 Å². The molecule has 1 aromatic heterocycles. The molecule has 0 N–H and O–H groups in total. The molecule has 1 saturated heterocycles. The largest absolute Gasteiger partial charge is 0.348 e. The first-order chi connectivity index (χ1) is 17.2. The molecule has 1 aliphatic rings. The maximum Gasteiger partial charge on any atom is 0.159 e. The van der Waals surface area contributed by atoms with Crippen molar-refractivity contribution < 1.29 is 9.47 Å². The molecule has 0 spiro atoms. The highest BCUT2D eigenvalue weighted by Crippen LogP contribution is 2.38. The van der Waals surface area contributed by atoms with Crippen LogP contribution in [0, 0.1) is 11.8 Å². The number of thiophene rings is 1. The number of nitrogens with zero attached hydrogens (tertiary/aromatic N) is 1. The van der Waals surface area contributed by atoms with Crippen molar-refractivity contribution in [2.45, 2.75) is 77.7 Å².